The van der Waals surface area contributed by atoms with Crippen LogP contribution in [0, 0.1) is 0 Å². The molecule has 3 rings (SSSR count). The average Bonchev–Trinajstić information content (AvgIpc) is 3.17. The number of carbonyl (C=O) groups excluding carboxylic acids is 1. The number of halogens is 1. The van der Waals surface area contributed by atoms with E-state index < -0.39 is 0 Å². The van der Waals surface area contributed by atoms with Gasteiger partial charge in [0, 0.05) is 24.8 Å². The van der Waals surface area contributed by atoms with Crippen LogP contribution in [0.4, 0.5) is 0 Å². The van der Waals surface area contributed by atoms with Gasteiger partial charge < -0.3 is 5.32 Å². The predicted octanol–water partition coefficient (Wildman–Crippen LogP) is 2.46. The smallest absolute Gasteiger partial charge is 0.230 e. The maximum absolute atomic E-state index is 12.5. The van der Waals surface area contributed by atoms with Crippen LogP contribution in [-0.4, -0.2) is 22.2 Å². The van der Waals surface area contributed by atoms with Gasteiger partial charge in [-0.3, -0.25) is 9.48 Å². The van der Waals surface area contributed by atoms with Crippen molar-refractivity contribution in [2.24, 2.45) is 7.05 Å². The molecule has 1 aromatic carbocycles. The molecular weight excluding hydrogens is 286 g/mol. The fourth-order valence-electron chi connectivity index (χ4n) is 2.65. The molecule has 0 aliphatic heterocycles. The van der Waals surface area contributed by atoms with Gasteiger partial charge in [-0.2, -0.15) is 5.10 Å². The van der Waals surface area contributed by atoms with Crippen LogP contribution in [0.1, 0.15) is 24.0 Å². The van der Waals surface area contributed by atoms with Crippen LogP contribution >= 0.6 is 11.6 Å². The molecule has 0 spiro atoms. The van der Waals surface area contributed by atoms with Crippen LogP contribution in [0.5, 0.6) is 0 Å². The van der Waals surface area contributed by atoms with E-state index in [1.54, 1.807) is 4.68 Å². The molecule has 1 aromatic heterocycles. The van der Waals surface area contributed by atoms with Crippen molar-refractivity contribution in [1.82, 2.24) is 15.1 Å². The lowest BCUT2D eigenvalue weighted by atomic mass is 9.95. The molecule has 0 radical (unpaired) electrons. The van der Waals surface area contributed by atoms with Crippen LogP contribution in [0.25, 0.3) is 0 Å². The largest absolute Gasteiger partial charge is 0.355 e. The molecule has 1 aliphatic rings. The lowest BCUT2D eigenvalue weighted by Crippen LogP contribution is -2.35. The predicted molar refractivity (Wildman–Crippen MR) is 82.3 cm³/mol. The molecule has 21 heavy (non-hydrogen) atoms. The van der Waals surface area contributed by atoms with Gasteiger partial charge in [-0.15, -0.1) is 0 Å². The molecule has 1 amide bonds. The monoisotopic (exact) mass is 303 g/mol. The zero-order valence-electron chi connectivity index (χ0n) is 12.0. The van der Waals surface area contributed by atoms with Crippen LogP contribution < -0.4 is 5.32 Å². The normalized spacial score (nSPS) is 15.7. The number of benzene rings is 1. The number of amides is 1. The molecule has 0 unspecified atom stereocenters. The van der Waals surface area contributed by atoms with Gasteiger partial charge in [-0.05, 0) is 42.5 Å². The molecule has 1 saturated carbocycles. The van der Waals surface area contributed by atoms with Crippen LogP contribution in [0.2, 0.25) is 5.02 Å². The Morgan fingerprint density at radius 2 is 2.29 bits per heavy atom. The van der Waals surface area contributed by atoms with E-state index in [4.69, 9.17) is 11.6 Å². The highest BCUT2D eigenvalue weighted by molar-refractivity contribution is 6.30. The summed E-state index contributed by atoms with van der Waals surface area (Å²) in [6.45, 7) is 0.632. The summed E-state index contributed by atoms with van der Waals surface area (Å²) < 4.78 is 1.77. The van der Waals surface area contributed by atoms with Crippen molar-refractivity contribution in [3.8, 4) is 0 Å². The maximum Gasteiger partial charge on any atom is 0.230 e. The standard InChI is InChI=1S/C16H18ClN3O/c1-20-11-12(10-19-20)5-8-18-15(21)16(6-7-16)13-3-2-4-14(17)9-13/h2-4,9-11H,5-8H2,1H3,(H,18,21). The highest BCUT2D eigenvalue weighted by Crippen LogP contribution is 2.48. The minimum atomic E-state index is -0.361. The summed E-state index contributed by atoms with van der Waals surface area (Å²) in [6, 6.07) is 7.62. The Labute approximate surface area is 129 Å². The molecule has 1 fully saturated rings. The Hall–Kier alpha value is -1.81. The molecule has 4 nitrogen and oxygen atoms in total. The number of aryl methyl sites for hydroxylation is 1. The van der Waals surface area contributed by atoms with Crippen LogP contribution in [-0.2, 0) is 23.7 Å². The molecular formula is C16H18ClN3O. The number of rotatable bonds is 5. The summed E-state index contributed by atoms with van der Waals surface area (Å²) >= 11 is 6.03. The number of hydrogen-bond acceptors (Lipinski definition) is 2. The summed E-state index contributed by atoms with van der Waals surface area (Å²) in [7, 11) is 1.89. The van der Waals surface area contributed by atoms with E-state index in [9.17, 15) is 4.79 Å². The second-order valence-corrected chi connectivity index (χ2v) is 6.06. The maximum atomic E-state index is 12.5. The van der Waals surface area contributed by atoms with Crippen LogP contribution in [0.15, 0.2) is 36.7 Å². The number of nitrogens with one attached hydrogen (secondary N) is 1. The number of aromatic nitrogens is 2. The Balaban J connectivity index is 1.60. The van der Waals surface area contributed by atoms with Crippen LogP contribution in [0.3, 0.4) is 0 Å². The minimum Gasteiger partial charge on any atom is -0.355 e. The molecule has 1 heterocycles. The molecule has 0 atom stereocenters. The number of hydrogen-bond donors (Lipinski definition) is 1. The summed E-state index contributed by atoms with van der Waals surface area (Å²) in [5.74, 6) is 0.105. The first-order chi connectivity index (χ1) is 10.1. The third-order valence-electron chi connectivity index (χ3n) is 4.02. The van der Waals surface area contributed by atoms with Crippen molar-refractivity contribution in [2.75, 3.05) is 6.54 Å². The second-order valence-electron chi connectivity index (χ2n) is 5.62. The van der Waals surface area contributed by atoms with Gasteiger partial charge in [0.1, 0.15) is 0 Å². The van der Waals surface area contributed by atoms with E-state index in [1.807, 2.05) is 43.7 Å². The van der Waals surface area contributed by atoms with Crippen molar-refractivity contribution in [3.63, 3.8) is 0 Å². The summed E-state index contributed by atoms with van der Waals surface area (Å²) in [5, 5.41) is 7.85. The Bertz CT molecular complexity index is 661. The average molecular weight is 304 g/mol. The van der Waals surface area contributed by atoms with E-state index in [1.165, 1.54) is 0 Å². The third kappa shape index (κ3) is 2.95. The topological polar surface area (TPSA) is 46.9 Å². The first-order valence-corrected chi connectivity index (χ1v) is 7.50. The molecule has 2 aromatic rings. The molecule has 1 N–H and O–H groups in total. The van der Waals surface area contributed by atoms with Gasteiger partial charge in [-0.25, -0.2) is 0 Å². The fourth-order valence-corrected chi connectivity index (χ4v) is 2.84. The number of carbonyl (C=O) groups is 1. The van der Waals surface area contributed by atoms with E-state index in [0.29, 0.717) is 11.6 Å². The highest BCUT2D eigenvalue weighted by Gasteiger charge is 2.51. The Morgan fingerprint density at radius 3 is 2.90 bits per heavy atom. The number of nitrogens with zero attached hydrogens (tertiary/aromatic N) is 2. The minimum absolute atomic E-state index is 0.105. The molecule has 1 aliphatic carbocycles. The van der Waals surface area contributed by atoms with Gasteiger partial charge in [-0.1, -0.05) is 23.7 Å². The highest BCUT2D eigenvalue weighted by atomic mass is 35.5. The van der Waals surface area contributed by atoms with Crippen molar-refractivity contribution >= 4 is 17.5 Å². The van der Waals surface area contributed by atoms with E-state index in [2.05, 4.69) is 10.4 Å². The fraction of sp³-hybridized carbons (Fsp3) is 0.375. The lowest BCUT2D eigenvalue weighted by Gasteiger charge is -2.16. The Kier molecular flexibility index (Phi) is 3.72. The van der Waals surface area contributed by atoms with Crippen molar-refractivity contribution in [3.05, 3.63) is 52.8 Å². The van der Waals surface area contributed by atoms with Crippen molar-refractivity contribution in [2.45, 2.75) is 24.7 Å². The summed E-state index contributed by atoms with van der Waals surface area (Å²) in [4.78, 5) is 12.5. The zero-order chi connectivity index (χ0) is 14.9. The van der Waals surface area contributed by atoms with E-state index >= 15 is 0 Å². The molecule has 0 saturated heterocycles. The van der Waals surface area contributed by atoms with Crippen molar-refractivity contribution in [1.29, 1.82) is 0 Å². The van der Waals surface area contributed by atoms with E-state index in [-0.39, 0.29) is 11.3 Å². The summed E-state index contributed by atoms with van der Waals surface area (Å²) in [5.41, 5.74) is 1.79. The molecule has 0 bridgehead atoms. The van der Waals surface area contributed by atoms with E-state index in [0.717, 1.165) is 30.4 Å². The Morgan fingerprint density at radius 1 is 1.48 bits per heavy atom. The van der Waals surface area contributed by atoms with Gasteiger partial charge in [0.15, 0.2) is 0 Å². The second kappa shape index (κ2) is 5.53. The molecule has 5 heteroatoms. The van der Waals surface area contributed by atoms with Crippen molar-refractivity contribution < 1.29 is 4.79 Å². The van der Waals surface area contributed by atoms with Gasteiger partial charge in [0.2, 0.25) is 5.91 Å². The quantitative estimate of drug-likeness (QED) is 0.922. The zero-order valence-corrected chi connectivity index (χ0v) is 12.7. The van der Waals surface area contributed by atoms with Gasteiger partial charge in [0.25, 0.3) is 0 Å². The molecule has 110 valence electrons. The van der Waals surface area contributed by atoms with Gasteiger partial charge in [0.05, 0.1) is 11.6 Å². The van der Waals surface area contributed by atoms with Gasteiger partial charge >= 0.3 is 0 Å². The lowest BCUT2D eigenvalue weighted by molar-refractivity contribution is -0.123. The summed E-state index contributed by atoms with van der Waals surface area (Å²) in [6.07, 6.45) is 6.38. The first-order valence-electron chi connectivity index (χ1n) is 7.12. The first kappa shape index (κ1) is 14.1. The third-order valence-corrected chi connectivity index (χ3v) is 4.25. The SMILES string of the molecule is Cn1cc(CCNC(=O)C2(c3cccc(Cl)c3)CC2)cn1.